The molecule has 0 aliphatic carbocycles. The topological polar surface area (TPSA) is 32.3 Å². The first-order valence-electron chi connectivity index (χ1n) is 8.45. The third kappa shape index (κ3) is 4.25. The number of piperidine rings is 2. The minimum atomic E-state index is -2.75. The van der Waals surface area contributed by atoms with E-state index in [0.29, 0.717) is 24.4 Å². The average Bonchev–Trinajstić information content (AvgIpc) is 2.54. The Morgan fingerprint density at radius 2 is 2.00 bits per heavy atom. The van der Waals surface area contributed by atoms with Gasteiger partial charge in [0.05, 0.1) is 6.54 Å². The summed E-state index contributed by atoms with van der Waals surface area (Å²) in [6.07, 6.45) is 2.36. The molecular weight excluding hydrogens is 334 g/mol. The minimum Gasteiger partial charge on any atom is -0.333 e. The lowest BCUT2D eigenvalue weighted by Crippen LogP contribution is -2.45. The van der Waals surface area contributed by atoms with Gasteiger partial charge < -0.3 is 10.2 Å². The molecule has 2 fully saturated rings. The molecule has 1 aromatic rings. The van der Waals surface area contributed by atoms with Crippen LogP contribution in [-0.2, 0) is 0 Å². The highest BCUT2D eigenvalue weighted by Crippen LogP contribution is 2.31. The molecule has 3 nitrogen and oxygen atoms in total. The SMILES string of the molecule is Cc1ccc(C(=O)N2CCCC(F)(F)C2)cc1C1CCNCC1.Cl. The second kappa shape index (κ2) is 7.79. The van der Waals surface area contributed by atoms with Crippen molar-refractivity contribution in [1.82, 2.24) is 10.2 Å². The number of likely N-dealkylation sites (tertiary alicyclic amines) is 1. The van der Waals surface area contributed by atoms with Crippen LogP contribution in [0.25, 0.3) is 0 Å². The van der Waals surface area contributed by atoms with E-state index in [1.807, 2.05) is 12.1 Å². The predicted octanol–water partition coefficient (Wildman–Crippen LogP) is 3.76. The molecule has 3 rings (SSSR count). The first-order chi connectivity index (χ1) is 11.0. The average molecular weight is 359 g/mol. The molecule has 0 bridgehead atoms. The van der Waals surface area contributed by atoms with Crippen molar-refractivity contribution in [3.8, 4) is 0 Å². The number of aryl methyl sites for hydroxylation is 1. The van der Waals surface area contributed by atoms with Crippen molar-refractivity contribution >= 4 is 18.3 Å². The van der Waals surface area contributed by atoms with E-state index in [1.165, 1.54) is 16.0 Å². The maximum atomic E-state index is 13.6. The first-order valence-corrected chi connectivity index (χ1v) is 8.45. The number of halogens is 3. The molecule has 0 unspecified atom stereocenters. The van der Waals surface area contributed by atoms with Crippen LogP contribution in [0.3, 0.4) is 0 Å². The van der Waals surface area contributed by atoms with Gasteiger partial charge in [-0.1, -0.05) is 6.07 Å². The second-order valence-corrected chi connectivity index (χ2v) is 6.78. The molecule has 0 saturated carbocycles. The van der Waals surface area contributed by atoms with Crippen LogP contribution in [0.1, 0.15) is 53.1 Å². The van der Waals surface area contributed by atoms with Gasteiger partial charge in [0.15, 0.2) is 0 Å². The number of nitrogens with one attached hydrogen (secondary N) is 1. The molecule has 1 amide bonds. The third-order valence-electron chi connectivity index (χ3n) is 4.99. The van der Waals surface area contributed by atoms with Crippen molar-refractivity contribution in [2.45, 2.75) is 44.4 Å². The minimum absolute atomic E-state index is 0. The summed E-state index contributed by atoms with van der Waals surface area (Å²) in [5, 5.41) is 3.34. The fourth-order valence-corrected chi connectivity index (χ4v) is 3.67. The van der Waals surface area contributed by atoms with Crippen LogP contribution in [0.2, 0.25) is 0 Å². The smallest absolute Gasteiger partial charge is 0.265 e. The molecule has 0 spiro atoms. The van der Waals surface area contributed by atoms with E-state index in [4.69, 9.17) is 0 Å². The van der Waals surface area contributed by atoms with E-state index in [1.54, 1.807) is 6.07 Å². The fraction of sp³-hybridized carbons (Fsp3) is 0.611. The van der Waals surface area contributed by atoms with Gasteiger partial charge in [0.1, 0.15) is 0 Å². The lowest BCUT2D eigenvalue weighted by atomic mass is 9.86. The van der Waals surface area contributed by atoms with Crippen molar-refractivity contribution in [3.05, 3.63) is 34.9 Å². The molecule has 2 saturated heterocycles. The molecule has 0 radical (unpaired) electrons. The van der Waals surface area contributed by atoms with Gasteiger partial charge in [0, 0.05) is 18.5 Å². The van der Waals surface area contributed by atoms with Gasteiger partial charge in [-0.3, -0.25) is 4.79 Å². The monoisotopic (exact) mass is 358 g/mol. The fourth-order valence-electron chi connectivity index (χ4n) is 3.67. The van der Waals surface area contributed by atoms with E-state index >= 15 is 0 Å². The van der Waals surface area contributed by atoms with Gasteiger partial charge in [-0.2, -0.15) is 0 Å². The lowest BCUT2D eigenvalue weighted by molar-refractivity contribution is -0.0560. The van der Waals surface area contributed by atoms with Crippen molar-refractivity contribution in [2.24, 2.45) is 0 Å². The molecule has 1 N–H and O–H groups in total. The lowest BCUT2D eigenvalue weighted by Gasteiger charge is -2.33. The summed E-state index contributed by atoms with van der Waals surface area (Å²) in [4.78, 5) is 13.9. The van der Waals surface area contributed by atoms with Crippen molar-refractivity contribution in [3.63, 3.8) is 0 Å². The number of amides is 1. The largest absolute Gasteiger partial charge is 0.333 e. The van der Waals surface area contributed by atoms with Crippen LogP contribution < -0.4 is 5.32 Å². The van der Waals surface area contributed by atoms with Gasteiger partial charge in [-0.25, -0.2) is 8.78 Å². The van der Waals surface area contributed by atoms with E-state index in [0.717, 1.165) is 25.9 Å². The molecular formula is C18H25ClF2N2O. The standard InChI is InChI=1S/C18H24F2N2O.ClH/c1-13-3-4-15(11-16(13)14-5-8-21-9-6-14)17(23)22-10-2-7-18(19,20)12-22;/h3-4,11,14,21H,2,5-10,12H2,1H3;1H. The summed E-state index contributed by atoms with van der Waals surface area (Å²) >= 11 is 0. The van der Waals surface area contributed by atoms with E-state index < -0.39 is 12.5 Å². The van der Waals surface area contributed by atoms with Crippen LogP contribution in [0, 0.1) is 6.92 Å². The molecule has 134 valence electrons. The first kappa shape index (κ1) is 19.1. The Bertz CT molecular complexity index is 588. The van der Waals surface area contributed by atoms with Crippen molar-refractivity contribution in [1.29, 1.82) is 0 Å². The molecule has 2 heterocycles. The number of nitrogens with zero attached hydrogens (tertiary/aromatic N) is 1. The Hall–Kier alpha value is -1.20. The van der Waals surface area contributed by atoms with Gasteiger partial charge >= 0.3 is 0 Å². The van der Waals surface area contributed by atoms with Crippen LogP contribution in [0.5, 0.6) is 0 Å². The maximum Gasteiger partial charge on any atom is 0.265 e. The van der Waals surface area contributed by atoms with E-state index in [-0.39, 0.29) is 24.7 Å². The highest BCUT2D eigenvalue weighted by atomic mass is 35.5. The summed E-state index contributed by atoms with van der Waals surface area (Å²) in [6, 6.07) is 5.65. The Morgan fingerprint density at radius 3 is 2.67 bits per heavy atom. The number of benzene rings is 1. The van der Waals surface area contributed by atoms with Crippen molar-refractivity contribution in [2.75, 3.05) is 26.2 Å². The maximum absolute atomic E-state index is 13.6. The van der Waals surface area contributed by atoms with Crippen molar-refractivity contribution < 1.29 is 13.6 Å². The zero-order valence-corrected chi connectivity index (χ0v) is 14.8. The molecule has 24 heavy (non-hydrogen) atoms. The Labute approximate surface area is 148 Å². The Kier molecular flexibility index (Phi) is 6.21. The Balaban J connectivity index is 0.00000208. The van der Waals surface area contributed by atoms with Gasteiger partial charge in [-0.05, 0) is 68.5 Å². The zero-order valence-electron chi connectivity index (χ0n) is 14.0. The number of rotatable bonds is 2. The Morgan fingerprint density at radius 1 is 1.29 bits per heavy atom. The second-order valence-electron chi connectivity index (χ2n) is 6.78. The number of alkyl halides is 2. The summed E-state index contributed by atoms with van der Waals surface area (Å²) in [5.41, 5.74) is 2.92. The normalized spacial score (nSPS) is 21.2. The molecule has 2 aliphatic heterocycles. The highest BCUT2D eigenvalue weighted by molar-refractivity contribution is 5.94. The highest BCUT2D eigenvalue weighted by Gasteiger charge is 2.37. The van der Waals surface area contributed by atoms with Crippen LogP contribution in [-0.4, -0.2) is 42.9 Å². The van der Waals surface area contributed by atoms with Crippen LogP contribution in [0.15, 0.2) is 18.2 Å². The number of hydrogen-bond acceptors (Lipinski definition) is 2. The number of carbonyl (C=O) groups is 1. The summed E-state index contributed by atoms with van der Waals surface area (Å²) < 4.78 is 27.1. The van der Waals surface area contributed by atoms with Crippen LogP contribution >= 0.6 is 12.4 Å². The van der Waals surface area contributed by atoms with Gasteiger partial charge in [-0.15, -0.1) is 12.4 Å². The third-order valence-corrected chi connectivity index (χ3v) is 4.99. The number of hydrogen-bond donors (Lipinski definition) is 1. The quantitative estimate of drug-likeness (QED) is 0.873. The number of carbonyl (C=O) groups excluding carboxylic acids is 1. The molecule has 0 atom stereocenters. The van der Waals surface area contributed by atoms with Gasteiger partial charge in [0.25, 0.3) is 11.8 Å². The molecule has 6 heteroatoms. The predicted molar refractivity (Wildman–Crippen MR) is 93.4 cm³/mol. The zero-order chi connectivity index (χ0) is 16.4. The molecule has 0 aromatic heterocycles. The van der Waals surface area contributed by atoms with E-state index in [2.05, 4.69) is 12.2 Å². The summed E-state index contributed by atoms with van der Waals surface area (Å²) in [5.74, 6) is -2.57. The van der Waals surface area contributed by atoms with E-state index in [9.17, 15) is 13.6 Å². The van der Waals surface area contributed by atoms with Crippen LogP contribution in [0.4, 0.5) is 8.78 Å². The van der Waals surface area contributed by atoms with Gasteiger partial charge in [0.2, 0.25) is 0 Å². The summed E-state index contributed by atoms with van der Waals surface area (Å²) in [6.45, 7) is 4.00. The summed E-state index contributed by atoms with van der Waals surface area (Å²) in [7, 11) is 0. The molecule has 2 aliphatic rings. The molecule has 1 aromatic carbocycles.